The van der Waals surface area contributed by atoms with E-state index in [1.54, 1.807) is 6.26 Å². The second kappa shape index (κ2) is 7.33. The summed E-state index contributed by atoms with van der Waals surface area (Å²) in [6.45, 7) is 2.38. The van der Waals surface area contributed by atoms with Crippen molar-refractivity contribution in [3.05, 3.63) is 60.1 Å². The van der Waals surface area contributed by atoms with E-state index < -0.39 is 0 Å². The zero-order valence-electron chi connectivity index (χ0n) is 13.2. The van der Waals surface area contributed by atoms with Gasteiger partial charge in [0.2, 0.25) is 0 Å². The van der Waals surface area contributed by atoms with Gasteiger partial charge in [-0.05, 0) is 37.5 Å². The van der Waals surface area contributed by atoms with Crippen molar-refractivity contribution in [1.29, 1.82) is 0 Å². The van der Waals surface area contributed by atoms with Gasteiger partial charge in [0, 0.05) is 12.1 Å². The van der Waals surface area contributed by atoms with Crippen LogP contribution < -0.4 is 10.6 Å². The summed E-state index contributed by atoms with van der Waals surface area (Å²) in [4.78, 5) is 11.8. The summed E-state index contributed by atoms with van der Waals surface area (Å²) in [5.41, 5.74) is 0.989. The van der Waals surface area contributed by atoms with Crippen molar-refractivity contribution in [2.75, 3.05) is 0 Å². The first-order valence-corrected chi connectivity index (χ1v) is 7.97. The Hall–Kier alpha value is -2.27. The smallest absolute Gasteiger partial charge is 0.407 e. The van der Waals surface area contributed by atoms with Gasteiger partial charge in [-0.3, -0.25) is 0 Å². The Bertz CT molecular complexity index is 606. The van der Waals surface area contributed by atoms with Gasteiger partial charge < -0.3 is 19.8 Å². The van der Waals surface area contributed by atoms with E-state index in [1.165, 1.54) is 0 Å². The molecule has 0 spiro atoms. The Balaban J connectivity index is 1.33. The van der Waals surface area contributed by atoms with Crippen LogP contribution in [0.25, 0.3) is 0 Å². The van der Waals surface area contributed by atoms with Gasteiger partial charge in [-0.15, -0.1) is 0 Å². The van der Waals surface area contributed by atoms with E-state index in [9.17, 15) is 4.79 Å². The minimum Gasteiger partial charge on any atom is -0.468 e. The second-order valence-electron chi connectivity index (χ2n) is 5.98. The molecule has 2 N–H and O–H groups in total. The number of ether oxygens (including phenoxy) is 1. The molecule has 1 atom stereocenters. The molecular weight excluding hydrogens is 292 g/mol. The fourth-order valence-electron chi connectivity index (χ4n) is 2.78. The highest BCUT2D eigenvalue weighted by Crippen LogP contribution is 2.24. The zero-order valence-corrected chi connectivity index (χ0v) is 13.2. The highest BCUT2D eigenvalue weighted by molar-refractivity contribution is 5.67. The lowest BCUT2D eigenvalue weighted by Gasteiger charge is -2.37. The molecule has 0 unspecified atom stereocenters. The highest BCUT2D eigenvalue weighted by Gasteiger charge is 2.31. The van der Waals surface area contributed by atoms with Gasteiger partial charge in [0.1, 0.15) is 12.4 Å². The van der Waals surface area contributed by atoms with Crippen molar-refractivity contribution in [3.8, 4) is 0 Å². The molecular formula is C18H22N2O3. The van der Waals surface area contributed by atoms with E-state index in [4.69, 9.17) is 9.15 Å². The lowest BCUT2D eigenvalue weighted by atomic mass is 9.86. The zero-order chi connectivity index (χ0) is 16.1. The average Bonchev–Trinajstić information content (AvgIpc) is 3.06. The fraction of sp³-hybridized carbons (Fsp3) is 0.389. The van der Waals surface area contributed by atoms with Crippen LogP contribution in [-0.4, -0.2) is 18.2 Å². The van der Waals surface area contributed by atoms with Crippen molar-refractivity contribution in [2.24, 2.45) is 0 Å². The number of benzene rings is 1. The molecule has 0 saturated heterocycles. The second-order valence-corrected chi connectivity index (χ2v) is 5.98. The van der Waals surface area contributed by atoms with Crippen LogP contribution in [0.15, 0.2) is 53.1 Å². The maximum Gasteiger partial charge on any atom is 0.407 e. The van der Waals surface area contributed by atoms with Crippen LogP contribution in [0, 0.1) is 0 Å². The fourth-order valence-corrected chi connectivity index (χ4v) is 2.78. The monoisotopic (exact) mass is 314 g/mol. The number of carbonyl (C=O) groups excluding carboxylic acids is 1. The first kappa shape index (κ1) is 15.6. The van der Waals surface area contributed by atoms with Crippen LogP contribution in [-0.2, 0) is 11.3 Å². The normalized spacial score (nSPS) is 21.3. The molecule has 5 nitrogen and oxygen atoms in total. The number of hydrogen-bond acceptors (Lipinski definition) is 4. The van der Waals surface area contributed by atoms with Crippen molar-refractivity contribution in [1.82, 2.24) is 10.6 Å². The molecule has 1 aromatic carbocycles. The van der Waals surface area contributed by atoms with Gasteiger partial charge in [-0.25, -0.2) is 4.79 Å². The largest absolute Gasteiger partial charge is 0.468 e. The minimum absolute atomic E-state index is 0.180. The quantitative estimate of drug-likeness (QED) is 0.858. The minimum atomic E-state index is -0.351. The highest BCUT2D eigenvalue weighted by atomic mass is 16.5. The van der Waals surface area contributed by atoms with Crippen LogP contribution >= 0.6 is 0 Å². The van der Waals surface area contributed by atoms with E-state index in [0.717, 1.165) is 24.2 Å². The molecule has 1 fully saturated rings. The van der Waals surface area contributed by atoms with Crippen LogP contribution in [0.3, 0.4) is 0 Å². The molecule has 0 aliphatic heterocycles. The summed E-state index contributed by atoms with van der Waals surface area (Å²) in [5, 5.41) is 6.39. The first-order valence-electron chi connectivity index (χ1n) is 7.97. The molecule has 0 radical (unpaired) electrons. The number of furan rings is 1. The van der Waals surface area contributed by atoms with Gasteiger partial charge in [0.25, 0.3) is 0 Å². The summed E-state index contributed by atoms with van der Waals surface area (Å²) in [6, 6.07) is 14.3. The Labute approximate surface area is 136 Å². The van der Waals surface area contributed by atoms with E-state index in [2.05, 4.69) is 17.6 Å². The van der Waals surface area contributed by atoms with Gasteiger partial charge in [0.15, 0.2) is 0 Å². The number of hydrogen-bond donors (Lipinski definition) is 2. The van der Waals surface area contributed by atoms with E-state index in [1.807, 2.05) is 42.5 Å². The van der Waals surface area contributed by atoms with Crippen molar-refractivity contribution in [3.63, 3.8) is 0 Å². The van der Waals surface area contributed by atoms with Gasteiger partial charge in [-0.1, -0.05) is 30.3 Å². The maximum absolute atomic E-state index is 11.8. The predicted octanol–water partition coefficient (Wildman–Crippen LogP) is 3.39. The van der Waals surface area contributed by atoms with Crippen molar-refractivity contribution >= 4 is 6.09 Å². The third-order valence-electron chi connectivity index (χ3n) is 4.13. The Morgan fingerprint density at radius 3 is 2.70 bits per heavy atom. The molecule has 5 heteroatoms. The Morgan fingerprint density at radius 2 is 2.00 bits per heavy atom. The summed E-state index contributed by atoms with van der Waals surface area (Å²) < 4.78 is 10.6. The average molecular weight is 314 g/mol. The Kier molecular flexibility index (Phi) is 4.98. The SMILES string of the molecule is C[C@@H](NC1CC(NC(=O)OCc2ccccc2)C1)c1ccco1. The van der Waals surface area contributed by atoms with Crippen LogP contribution in [0.2, 0.25) is 0 Å². The number of amides is 1. The molecule has 2 aromatic rings. The summed E-state index contributed by atoms with van der Waals surface area (Å²) >= 11 is 0. The lowest BCUT2D eigenvalue weighted by molar-refractivity contribution is 0.124. The van der Waals surface area contributed by atoms with Gasteiger partial charge in [-0.2, -0.15) is 0 Å². The number of alkyl carbamates (subject to hydrolysis) is 1. The topological polar surface area (TPSA) is 63.5 Å². The molecule has 3 rings (SSSR count). The van der Waals surface area contributed by atoms with Crippen LogP contribution in [0.5, 0.6) is 0 Å². The molecule has 0 bridgehead atoms. The predicted molar refractivity (Wildman–Crippen MR) is 86.8 cm³/mol. The number of rotatable bonds is 6. The van der Waals surface area contributed by atoms with E-state index in [0.29, 0.717) is 12.6 Å². The summed E-state index contributed by atoms with van der Waals surface area (Å²) in [7, 11) is 0. The third kappa shape index (κ3) is 4.36. The molecule has 1 aliphatic carbocycles. The van der Waals surface area contributed by atoms with E-state index in [-0.39, 0.29) is 18.2 Å². The van der Waals surface area contributed by atoms with Crippen molar-refractivity contribution < 1.29 is 13.9 Å². The van der Waals surface area contributed by atoms with Crippen LogP contribution in [0.1, 0.15) is 37.1 Å². The summed E-state index contributed by atoms with van der Waals surface area (Å²) in [6.07, 6.45) is 3.15. The maximum atomic E-state index is 11.8. The molecule has 1 saturated carbocycles. The van der Waals surface area contributed by atoms with E-state index >= 15 is 0 Å². The van der Waals surface area contributed by atoms with Crippen LogP contribution in [0.4, 0.5) is 4.79 Å². The first-order chi connectivity index (χ1) is 11.2. The lowest BCUT2D eigenvalue weighted by Crippen LogP contribution is -2.52. The number of carbonyl (C=O) groups is 1. The third-order valence-corrected chi connectivity index (χ3v) is 4.13. The van der Waals surface area contributed by atoms with Crippen molar-refractivity contribution in [2.45, 2.75) is 44.5 Å². The molecule has 122 valence electrons. The molecule has 1 amide bonds. The summed E-state index contributed by atoms with van der Waals surface area (Å²) in [5.74, 6) is 0.934. The molecule has 1 heterocycles. The molecule has 1 aromatic heterocycles. The standard InChI is InChI=1S/C18H22N2O3/c1-13(17-8-5-9-22-17)19-15-10-16(11-15)20-18(21)23-12-14-6-3-2-4-7-14/h2-9,13,15-16,19H,10-12H2,1H3,(H,20,21)/t13-,15?,16?/m1/s1. The molecule has 1 aliphatic rings. The Morgan fingerprint density at radius 1 is 1.22 bits per heavy atom. The van der Waals surface area contributed by atoms with Gasteiger partial charge in [0.05, 0.1) is 12.3 Å². The molecule has 23 heavy (non-hydrogen) atoms. The number of nitrogens with one attached hydrogen (secondary N) is 2. The van der Waals surface area contributed by atoms with Gasteiger partial charge >= 0.3 is 6.09 Å².